The molecule has 1 saturated heterocycles. The normalized spacial score (nSPS) is 23.7. The molecule has 1 N–H and O–H groups in total. The lowest BCUT2D eigenvalue weighted by atomic mass is 10.1. The summed E-state index contributed by atoms with van der Waals surface area (Å²) in [5.74, 6) is 0.890. The SMILES string of the molecule is Cc1nc2ccc(C3=CC(=O)N4C=C(OC5CCNCC5)C=CC4P3)cc2s1. The van der Waals surface area contributed by atoms with E-state index in [0.29, 0.717) is 8.58 Å². The number of hydrogen-bond donors (Lipinski definition) is 1. The van der Waals surface area contributed by atoms with Crippen molar-refractivity contribution in [3.05, 3.63) is 59.0 Å². The van der Waals surface area contributed by atoms with Crippen LogP contribution in [0.2, 0.25) is 0 Å². The van der Waals surface area contributed by atoms with Gasteiger partial charge in [0, 0.05) is 6.08 Å². The quantitative estimate of drug-likeness (QED) is 0.777. The van der Waals surface area contributed by atoms with Crippen molar-refractivity contribution < 1.29 is 9.53 Å². The Morgan fingerprint density at radius 2 is 2.18 bits per heavy atom. The maximum Gasteiger partial charge on any atom is 0.252 e. The van der Waals surface area contributed by atoms with Gasteiger partial charge in [0.05, 0.1) is 27.2 Å². The summed E-state index contributed by atoms with van der Waals surface area (Å²) in [6, 6.07) is 6.30. The number of rotatable bonds is 3. The Kier molecular flexibility index (Phi) is 4.79. The largest absolute Gasteiger partial charge is 0.489 e. The summed E-state index contributed by atoms with van der Waals surface area (Å²) in [6.07, 6.45) is 10.0. The van der Waals surface area contributed by atoms with Gasteiger partial charge in [0.15, 0.2) is 0 Å². The van der Waals surface area contributed by atoms with Crippen LogP contribution in [0.25, 0.3) is 15.5 Å². The molecule has 3 aliphatic heterocycles. The van der Waals surface area contributed by atoms with Gasteiger partial charge in [-0.1, -0.05) is 20.7 Å². The second-order valence-electron chi connectivity index (χ2n) is 7.27. The van der Waals surface area contributed by atoms with E-state index in [-0.39, 0.29) is 17.8 Å². The van der Waals surface area contributed by atoms with E-state index in [1.54, 1.807) is 17.4 Å². The van der Waals surface area contributed by atoms with Crippen LogP contribution in [0.1, 0.15) is 23.4 Å². The van der Waals surface area contributed by atoms with Crippen LogP contribution < -0.4 is 5.32 Å². The van der Waals surface area contributed by atoms with Crippen molar-refractivity contribution in [1.29, 1.82) is 0 Å². The number of allylic oxidation sites excluding steroid dienone is 1. The average molecular weight is 411 g/mol. The van der Waals surface area contributed by atoms with Crippen molar-refractivity contribution in [3.63, 3.8) is 0 Å². The monoisotopic (exact) mass is 411 g/mol. The summed E-state index contributed by atoms with van der Waals surface area (Å²) in [7, 11) is 0.515. The predicted molar refractivity (Wildman–Crippen MR) is 115 cm³/mol. The van der Waals surface area contributed by atoms with Crippen molar-refractivity contribution in [3.8, 4) is 0 Å². The minimum absolute atomic E-state index is 0.0232. The van der Waals surface area contributed by atoms with E-state index in [1.807, 2.05) is 24.1 Å². The highest BCUT2D eigenvalue weighted by Gasteiger charge is 2.29. The molecular formula is C21H22N3O2PS. The third-order valence-corrected chi connectivity index (χ3v) is 7.67. The summed E-state index contributed by atoms with van der Waals surface area (Å²) in [6.45, 7) is 4.00. The van der Waals surface area contributed by atoms with Crippen molar-refractivity contribution in [2.45, 2.75) is 31.7 Å². The summed E-state index contributed by atoms with van der Waals surface area (Å²) in [5, 5.41) is 5.52. The molecule has 0 bridgehead atoms. The van der Waals surface area contributed by atoms with Crippen LogP contribution >= 0.6 is 19.9 Å². The average Bonchev–Trinajstić information content (AvgIpc) is 3.08. The Morgan fingerprint density at radius 1 is 1.32 bits per heavy atom. The number of benzene rings is 1. The molecule has 0 radical (unpaired) electrons. The van der Waals surface area contributed by atoms with Crippen LogP contribution in [0.15, 0.2) is 48.4 Å². The summed E-state index contributed by atoms with van der Waals surface area (Å²) >= 11 is 1.70. The van der Waals surface area contributed by atoms with Crippen molar-refractivity contribution in [2.24, 2.45) is 0 Å². The first-order valence-corrected chi connectivity index (χ1v) is 11.5. The summed E-state index contributed by atoms with van der Waals surface area (Å²) in [4.78, 5) is 19.2. The van der Waals surface area contributed by atoms with Crippen LogP contribution in [-0.2, 0) is 9.53 Å². The van der Waals surface area contributed by atoms with Gasteiger partial charge in [0.2, 0.25) is 0 Å². The number of aryl methyl sites for hydroxylation is 1. The molecule has 0 saturated carbocycles. The van der Waals surface area contributed by atoms with E-state index in [1.165, 1.54) is 4.70 Å². The third-order valence-electron chi connectivity index (χ3n) is 5.23. The smallest absolute Gasteiger partial charge is 0.252 e. The molecule has 3 aliphatic rings. The first kappa shape index (κ1) is 18.0. The molecule has 2 unspecified atom stereocenters. The van der Waals surface area contributed by atoms with Crippen LogP contribution in [0.5, 0.6) is 0 Å². The number of thiazole rings is 1. The number of fused-ring (bicyclic) bond motifs is 2. The topological polar surface area (TPSA) is 54.5 Å². The number of ether oxygens (including phenoxy) is 1. The van der Waals surface area contributed by atoms with Crippen molar-refractivity contribution in [1.82, 2.24) is 15.2 Å². The molecule has 144 valence electrons. The highest BCUT2D eigenvalue weighted by molar-refractivity contribution is 7.51. The van der Waals surface area contributed by atoms with Crippen LogP contribution in [0.3, 0.4) is 0 Å². The van der Waals surface area contributed by atoms with Gasteiger partial charge in [-0.05, 0) is 61.9 Å². The standard InChI is InChI=1S/C21H22N3O2PS/c1-13-23-17-4-2-14(10-19(17)28-13)18-11-20(25)24-12-16(3-5-21(24)27-18)26-15-6-8-22-9-7-15/h2-5,10-12,15,21-22,27H,6-9H2,1H3. The number of carbonyl (C=O) groups excluding carboxylic acids is 1. The van der Waals surface area contributed by atoms with Crippen LogP contribution in [-0.4, -0.2) is 40.8 Å². The second-order valence-corrected chi connectivity index (χ2v) is 9.92. The number of nitrogens with one attached hydrogen (secondary N) is 1. The van der Waals surface area contributed by atoms with Gasteiger partial charge in [-0.15, -0.1) is 11.3 Å². The van der Waals surface area contributed by atoms with E-state index in [0.717, 1.165) is 53.1 Å². The molecule has 0 aliphatic carbocycles. The summed E-state index contributed by atoms with van der Waals surface area (Å²) < 4.78 is 7.28. The van der Waals surface area contributed by atoms with Crippen LogP contribution in [0, 0.1) is 6.92 Å². The number of aromatic nitrogens is 1. The van der Waals surface area contributed by atoms with Gasteiger partial charge in [-0.25, -0.2) is 4.98 Å². The lowest BCUT2D eigenvalue weighted by Gasteiger charge is -2.34. The maximum atomic E-state index is 12.8. The van der Waals surface area contributed by atoms with Gasteiger partial charge in [-0.2, -0.15) is 0 Å². The molecule has 1 fully saturated rings. The van der Waals surface area contributed by atoms with Gasteiger partial charge in [0.1, 0.15) is 11.9 Å². The Balaban J connectivity index is 1.36. The van der Waals surface area contributed by atoms with E-state index < -0.39 is 0 Å². The molecule has 1 aromatic carbocycles. The van der Waals surface area contributed by atoms with Crippen molar-refractivity contribution in [2.75, 3.05) is 13.1 Å². The first-order valence-electron chi connectivity index (χ1n) is 9.61. The lowest BCUT2D eigenvalue weighted by Crippen LogP contribution is -2.36. The fourth-order valence-electron chi connectivity index (χ4n) is 3.81. The van der Waals surface area contributed by atoms with E-state index >= 15 is 0 Å². The fourth-order valence-corrected chi connectivity index (χ4v) is 6.05. The van der Waals surface area contributed by atoms with E-state index in [9.17, 15) is 4.79 Å². The molecule has 0 spiro atoms. The third kappa shape index (κ3) is 3.52. The molecule has 5 nitrogen and oxygen atoms in total. The van der Waals surface area contributed by atoms with E-state index in [2.05, 4.69) is 34.6 Å². The molecule has 4 heterocycles. The molecule has 1 amide bonds. The van der Waals surface area contributed by atoms with Gasteiger partial charge in [-0.3, -0.25) is 4.79 Å². The van der Waals surface area contributed by atoms with Gasteiger partial charge >= 0.3 is 0 Å². The minimum Gasteiger partial charge on any atom is -0.489 e. The molecule has 5 rings (SSSR count). The zero-order valence-electron chi connectivity index (χ0n) is 15.6. The molecular weight excluding hydrogens is 389 g/mol. The molecule has 1 aromatic heterocycles. The fraction of sp³-hybridized carbons (Fsp3) is 0.333. The Morgan fingerprint density at radius 3 is 3.04 bits per heavy atom. The summed E-state index contributed by atoms with van der Waals surface area (Å²) in [5.41, 5.74) is 2.15. The zero-order chi connectivity index (χ0) is 19.1. The number of piperidine rings is 1. The zero-order valence-corrected chi connectivity index (χ0v) is 17.5. The highest BCUT2D eigenvalue weighted by atomic mass is 32.1. The Bertz CT molecular complexity index is 1020. The van der Waals surface area contributed by atoms with Crippen LogP contribution in [0.4, 0.5) is 0 Å². The Hall–Kier alpha value is -2.01. The van der Waals surface area contributed by atoms with Crippen molar-refractivity contribution >= 4 is 41.4 Å². The first-order chi connectivity index (χ1) is 13.7. The maximum absolute atomic E-state index is 12.8. The van der Waals surface area contributed by atoms with Gasteiger partial charge in [0.25, 0.3) is 5.91 Å². The molecule has 7 heteroatoms. The number of hydrogen-bond acceptors (Lipinski definition) is 5. The predicted octanol–water partition coefficient (Wildman–Crippen LogP) is 3.97. The molecule has 28 heavy (non-hydrogen) atoms. The highest BCUT2D eigenvalue weighted by Crippen LogP contribution is 2.45. The number of amides is 1. The minimum atomic E-state index is 0.0232. The molecule has 2 aromatic rings. The number of carbonyl (C=O) groups is 1. The second kappa shape index (κ2) is 7.43. The van der Waals surface area contributed by atoms with E-state index in [4.69, 9.17) is 4.74 Å². The van der Waals surface area contributed by atoms with Gasteiger partial charge < -0.3 is 15.0 Å². The molecule has 2 atom stereocenters. The lowest BCUT2D eigenvalue weighted by molar-refractivity contribution is -0.124. The number of nitrogens with zero attached hydrogens (tertiary/aromatic N) is 2. The Labute approximate surface area is 169 Å².